The molecular formula is C12H28N4O3. The molecule has 1 fully saturated rings. The maximum absolute atomic E-state index is 10.1. The van der Waals surface area contributed by atoms with Crippen molar-refractivity contribution in [1.29, 1.82) is 0 Å². The van der Waals surface area contributed by atoms with E-state index in [9.17, 15) is 10.2 Å². The Kier molecular flexibility index (Phi) is 9.27. The molecule has 0 bridgehead atoms. The first-order valence-electron chi connectivity index (χ1n) is 7.07. The summed E-state index contributed by atoms with van der Waals surface area (Å²) in [6.45, 7) is 6.42. The summed E-state index contributed by atoms with van der Waals surface area (Å²) in [5, 5.41) is 38.2. The van der Waals surface area contributed by atoms with E-state index < -0.39 is 12.3 Å². The van der Waals surface area contributed by atoms with Crippen LogP contribution >= 0.6 is 0 Å². The zero-order valence-electron chi connectivity index (χ0n) is 11.5. The second-order valence-corrected chi connectivity index (χ2v) is 4.84. The summed E-state index contributed by atoms with van der Waals surface area (Å²) in [7, 11) is 0. The summed E-state index contributed by atoms with van der Waals surface area (Å²) in [5.74, 6) is 0. The number of rotatable bonds is 4. The first kappa shape index (κ1) is 16.8. The van der Waals surface area contributed by atoms with E-state index in [1.54, 1.807) is 0 Å². The summed E-state index contributed by atoms with van der Waals surface area (Å²) in [6.07, 6.45) is -1.40. The summed E-state index contributed by atoms with van der Waals surface area (Å²) in [6, 6.07) is 0. The molecule has 0 aromatic heterocycles. The van der Waals surface area contributed by atoms with Crippen molar-refractivity contribution < 1.29 is 15.3 Å². The molecule has 0 aliphatic carbocycles. The van der Waals surface area contributed by atoms with Gasteiger partial charge in [-0.15, -0.1) is 0 Å². The van der Waals surface area contributed by atoms with Crippen LogP contribution in [0.15, 0.2) is 0 Å². The normalized spacial score (nSPS) is 24.2. The SMILES string of the molecule is OCC(O)CC(O)N1CCNCCNCCNCC1. The van der Waals surface area contributed by atoms with Gasteiger partial charge in [-0.1, -0.05) is 0 Å². The molecule has 2 unspecified atom stereocenters. The van der Waals surface area contributed by atoms with Crippen molar-refractivity contribution in [3.63, 3.8) is 0 Å². The minimum absolute atomic E-state index is 0.179. The van der Waals surface area contributed by atoms with E-state index in [1.807, 2.05) is 4.90 Å². The van der Waals surface area contributed by atoms with Crippen LogP contribution in [0.5, 0.6) is 0 Å². The lowest BCUT2D eigenvalue weighted by atomic mass is 10.2. The Morgan fingerprint density at radius 2 is 1.32 bits per heavy atom. The van der Waals surface area contributed by atoms with Gasteiger partial charge >= 0.3 is 0 Å². The van der Waals surface area contributed by atoms with E-state index in [4.69, 9.17) is 5.11 Å². The highest BCUT2D eigenvalue weighted by Gasteiger charge is 2.18. The lowest BCUT2D eigenvalue weighted by Gasteiger charge is -2.29. The van der Waals surface area contributed by atoms with Crippen LogP contribution in [-0.2, 0) is 0 Å². The van der Waals surface area contributed by atoms with Crippen LogP contribution in [0.3, 0.4) is 0 Å². The number of nitrogens with one attached hydrogen (secondary N) is 3. The van der Waals surface area contributed by atoms with Gasteiger partial charge in [-0.05, 0) is 0 Å². The van der Waals surface area contributed by atoms with Crippen LogP contribution in [0, 0.1) is 0 Å². The van der Waals surface area contributed by atoms with Crippen LogP contribution in [0.4, 0.5) is 0 Å². The summed E-state index contributed by atoms with van der Waals surface area (Å²) in [4.78, 5) is 1.92. The van der Waals surface area contributed by atoms with Gasteiger partial charge < -0.3 is 31.3 Å². The zero-order valence-corrected chi connectivity index (χ0v) is 11.5. The van der Waals surface area contributed by atoms with E-state index in [2.05, 4.69) is 16.0 Å². The molecule has 2 atom stereocenters. The molecule has 1 aliphatic rings. The molecule has 0 radical (unpaired) electrons. The fourth-order valence-electron chi connectivity index (χ4n) is 2.05. The molecule has 114 valence electrons. The summed E-state index contributed by atoms with van der Waals surface area (Å²) in [5.41, 5.74) is 0. The Bertz CT molecular complexity index is 209. The molecule has 1 aliphatic heterocycles. The van der Waals surface area contributed by atoms with E-state index in [-0.39, 0.29) is 13.0 Å². The van der Waals surface area contributed by atoms with Gasteiger partial charge in [0.15, 0.2) is 0 Å². The lowest BCUT2D eigenvalue weighted by Crippen LogP contribution is -2.46. The molecule has 19 heavy (non-hydrogen) atoms. The lowest BCUT2D eigenvalue weighted by molar-refractivity contribution is -0.0405. The Morgan fingerprint density at radius 1 is 0.842 bits per heavy atom. The zero-order chi connectivity index (χ0) is 13.9. The van der Waals surface area contributed by atoms with Gasteiger partial charge in [0.25, 0.3) is 0 Å². The van der Waals surface area contributed by atoms with Gasteiger partial charge in [0.2, 0.25) is 0 Å². The molecule has 1 rings (SSSR count). The highest BCUT2D eigenvalue weighted by molar-refractivity contribution is 4.69. The number of hydrogen-bond donors (Lipinski definition) is 6. The first-order valence-corrected chi connectivity index (χ1v) is 7.07. The van der Waals surface area contributed by atoms with Crippen LogP contribution in [-0.4, -0.2) is 91.5 Å². The Balaban J connectivity index is 2.36. The van der Waals surface area contributed by atoms with Crippen molar-refractivity contribution in [1.82, 2.24) is 20.9 Å². The smallest absolute Gasteiger partial charge is 0.110 e. The van der Waals surface area contributed by atoms with Crippen molar-refractivity contribution in [2.45, 2.75) is 18.8 Å². The minimum Gasteiger partial charge on any atom is -0.394 e. The van der Waals surface area contributed by atoms with E-state index in [0.29, 0.717) is 0 Å². The molecule has 0 aromatic carbocycles. The molecule has 1 saturated heterocycles. The van der Waals surface area contributed by atoms with Gasteiger partial charge in [0, 0.05) is 58.8 Å². The number of aliphatic hydroxyl groups excluding tert-OH is 3. The maximum Gasteiger partial charge on any atom is 0.110 e. The molecule has 7 nitrogen and oxygen atoms in total. The second-order valence-electron chi connectivity index (χ2n) is 4.84. The van der Waals surface area contributed by atoms with Crippen LogP contribution in [0.1, 0.15) is 6.42 Å². The molecule has 0 spiro atoms. The third kappa shape index (κ3) is 7.78. The predicted octanol–water partition coefficient (Wildman–Crippen LogP) is -2.87. The van der Waals surface area contributed by atoms with Crippen molar-refractivity contribution in [3.05, 3.63) is 0 Å². The molecule has 0 aromatic rings. The third-order valence-corrected chi connectivity index (χ3v) is 3.22. The van der Waals surface area contributed by atoms with Crippen LogP contribution in [0.25, 0.3) is 0 Å². The second kappa shape index (κ2) is 10.5. The van der Waals surface area contributed by atoms with E-state index >= 15 is 0 Å². The van der Waals surface area contributed by atoms with Crippen molar-refractivity contribution in [2.24, 2.45) is 0 Å². The molecule has 1 heterocycles. The molecule has 7 heteroatoms. The van der Waals surface area contributed by atoms with Gasteiger partial charge in [0.1, 0.15) is 6.23 Å². The van der Waals surface area contributed by atoms with Gasteiger partial charge in [-0.2, -0.15) is 0 Å². The predicted molar refractivity (Wildman–Crippen MR) is 73.9 cm³/mol. The van der Waals surface area contributed by atoms with Crippen LogP contribution in [0.2, 0.25) is 0 Å². The van der Waals surface area contributed by atoms with Crippen molar-refractivity contribution in [3.8, 4) is 0 Å². The first-order chi connectivity index (χ1) is 9.24. The van der Waals surface area contributed by atoms with Crippen LogP contribution < -0.4 is 16.0 Å². The maximum atomic E-state index is 10.1. The fraction of sp³-hybridized carbons (Fsp3) is 1.00. The van der Waals surface area contributed by atoms with E-state index in [0.717, 1.165) is 52.4 Å². The van der Waals surface area contributed by atoms with Crippen molar-refractivity contribution >= 4 is 0 Å². The minimum atomic E-state index is -0.860. The van der Waals surface area contributed by atoms with Gasteiger partial charge in [0.05, 0.1) is 12.7 Å². The summed E-state index contributed by atoms with van der Waals surface area (Å²) < 4.78 is 0. The Morgan fingerprint density at radius 3 is 1.79 bits per heavy atom. The summed E-state index contributed by atoms with van der Waals surface area (Å²) >= 11 is 0. The van der Waals surface area contributed by atoms with E-state index in [1.165, 1.54) is 0 Å². The number of nitrogens with zero attached hydrogens (tertiary/aromatic N) is 1. The molecular weight excluding hydrogens is 248 g/mol. The monoisotopic (exact) mass is 276 g/mol. The highest BCUT2D eigenvalue weighted by atomic mass is 16.3. The Labute approximate surface area is 115 Å². The van der Waals surface area contributed by atoms with Gasteiger partial charge in [-0.3, -0.25) is 4.90 Å². The Hall–Kier alpha value is -0.280. The standard InChI is InChI=1S/C12H28N4O3/c17-10-11(18)9-12(19)16-7-5-14-3-1-13-2-4-15-6-8-16/h11-15,17-19H,1-10H2. The van der Waals surface area contributed by atoms with Gasteiger partial charge in [-0.25, -0.2) is 0 Å². The average molecular weight is 276 g/mol. The third-order valence-electron chi connectivity index (χ3n) is 3.22. The van der Waals surface area contributed by atoms with Crippen molar-refractivity contribution in [2.75, 3.05) is 59.0 Å². The largest absolute Gasteiger partial charge is 0.394 e. The topological polar surface area (TPSA) is 100 Å². The quantitative estimate of drug-likeness (QED) is 0.328. The average Bonchev–Trinajstić information content (AvgIpc) is 2.39. The fourth-order valence-corrected chi connectivity index (χ4v) is 2.05. The molecule has 0 saturated carbocycles. The molecule has 0 amide bonds. The molecule has 6 N–H and O–H groups in total. The number of hydrogen-bond acceptors (Lipinski definition) is 7. The highest BCUT2D eigenvalue weighted by Crippen LogP contribution is 2.04. The number of aliphatic hydroxyl groups is 3.